The molecule has 1 unspecified atom stereocenters. The van der Waals surface area contributed by atoms with Gasteiger partial charge < -0.3 is 14.8 Å². The van der Waals surface area contributed by atoms with Crippen molar-refractivity contribution in [3.05, 3.63) is 71.3 Å². The maximum absolute atomic E-state index is 10.1. The van der Waals surface area contributed by atoms with Gasteiger partial charge in [-0.05, 0) is 48.3 Å². The van der Waals surface area contributed by atoms with E-state index in [0.29, 0.717) is 12.1 Å². The zero-order chi connectivity index (χ0) is 20.1. The molecule has 0 spiro atoms. The highest BCUT2D eigenvalue weighted by Crippen LogP contribution is 2.32. The average Bonchev–Trinajstić information content (AvgIpc) is 2.72. The molecule has 0 amide bonds. The molecule has 146 valence electrons. The van der Waals surface area contributed by atoms with Gasteiger partial charge in [-0.3, -0.25) is 0 Å². The summed E-state index contributed by atoms with van der Waals surface area (Å²) in [5.74, 6) is 0.309. The number of rotatable bonds is 7. The first kappa shape index (κ1) is 20.4. The maximum Gasteiger partial charge on any atom is 0.458 e. The lowest BCUT2D eigenvalue weighted by atomic mass is 9.77. The van der Waals surface area contributed by atoms with Gasteiger partial charge in [0.1, 0.15) is 5.75 Å². The molecule has 2 aromatic rings. The van der Waals surface area contributed by atoms with Crippen LogP contribution in [0.5, 0.6) is 5.75 Å². The maximum atomic E-state index is 10.1. The number of fused-ring (bicyclic) bond motifs is 1. The van der Waals surface area contributed by atoms with Gasteiger partial charge in [0.25, 0.3) is 0 Å². The lowest BCUT2D eigenvalue weighted by Gasteiger charge is -2.28. The van der Waals surface area contributed by atoms with Gasteiger partial charge in [0.15, 0.2) is 0 Å². The van der Waals surface area contributed by atoms with E-state index in [0.717, 1.165) is 53.2 Å². The Kier molecular flexibility index (Phi) is 6.76. The fourth-order valence-corrected chi connectivity index (χ4v) is 3.80. The second-order valence-electron chi connectivity index (χ2n) is 7.35. The third-order valence-electron chi connectivity index (χ3n) is 5.52. The first-order chi connectivity index (χ1) is 13.5. The Morgan fingerprint density at radius 2 is 1.93 bits per heavy atom. The van der Waals surface area contributed by atoms with E-state index < -0.39 is 7.12 Å². The minimum absolute atomic E-state index is 0.109. The average molecular weight is 376 g/mol. The molecule has 1 atom stereocenters. The Morgan fingerprint density at radius 3 is 2.64 bits per heavy atom. The van der Waals surface area contributed by atoms with Gasteiger partial charge in [-0.15, -0.1) is 0 Å². The van der Waals surface area contributed by atoms with Crippen LogP contribution in [0.15, 0.2) is 65.8 Å². The van der Waals surface area contributed by atoms with Crippen LogP contribution < -0.4 is 0 Å². The van der Waals surface area contributed by atoms with E-state index in [1.807, 2.05) is 30.3 Å². The number of allylic oxidation sites excluding steroid dienone is 2. The van der Waals surface area contributed by atoms with Crippen LogP contribution in [0.4, 0.5) is 0 Å². The zero-order valence-corrected chi connectivity index (χ0v) is 16.8. The Hall–Kier alpha value is -2.30. The molecule has 1 heterocycles. The second kappa shape index (κ2) is 9.27. The van der Waals surface area contributed by atoms with Gasteiger partial charge in [0.2, 0.25) is 0 Å². The van der Waals surface area contributed by atoms with E-state index in [4.69, 9.17) is 4.65 Å². The van der Waals surface area contributed by atoms with Gasteiger partial charge >= 0.3 is 7.12 Å². The molecule has 1 aliphatic rings. The number of benzene rings is 2. The Balaban J connectivity index is 1.81. The molecule has 3 rings (SSSR count). The zero-order valence-electron chi connectivity index (χ0n) is 16.8. The number of hydrogen-bond donors (Lipinski definition) is 2. The Bertz CT molecular complexity index is 913. The van der Waals surface area contributed by atoms with Crippen LogP contribution in [0, 0.1) is 0 Å². The van der Waals surface area contributed by atoms with Crippen molar-refractivity contribution >= 4 is 24.0 Å². The summed E-state index contributed by atoms with van der Waals surface area (Å²) in [6.45, 7) is 8.42. The highest BCUT2D eigenvalue weighted by Gasteiger charge is 2.27. The summed E-state index contributed by atoms with van der Waals surface area (Å²) >= 11 is 0. The van der Waals surface area contributed by atoms with Crippen molar-refractivity contribution in [3.8, 4) is 5.75 Å². The first-order valence-corrected chi connectivity index (χ1v) is 10.1. The second-order valence-corrected chi connectivity index (χ2v) is 7.35. The molecule has 0 fully saturated rings. The normalized spacial score (nSPS) is 17.7. The standard InChI is InChI=1S/C24H29BO3/c1-4-17(3)20-14-15-25(27)28-24(20)13-10-18(5-2)16-19-11-12-23(26)22-9-7-6-8-21(19)22/h6-9,11-12,14,16,24,26-27H,3-5,10,13,15H2,1-2H3/b18-16+. The highest BCUT2D eigenvalue weighted by molar-refractivity contribution is 6.43. The van der Waals surface area contributed by atoms with Gasteiger partial charge in [0.05, 0.1) is 6.10 Å². The molecule has 3 nitrogen and oxygen atoms in total. The predicted molar refractivity (Wildman–Crippen MR) is 118 cm³/mol. The third-order valence-corrected chi connectivity index (χ3v) is 5.52. The van der Waals surface area contributed by atoms with Crippen molar-refractivity contribution in [2.24, 2.45) is 0 Å². The van der Waals surface area contributed by atoms with E-state index in [1.54, 1.807) is 6.07 Å². The summed E-state index contributed by atoms with van der Waals surface area (Å²) in [5.41, 5.74) is 4.66. The van der Waals surface area contributed by atoms with Crippen molar-refractivity contribution in [2.45, 2.75) is 52.0 Å². The van der Waals surface area contributed by atoms with E-state index in [9.17, 15) is 10.1 Å². The summed E-state index contributed by atoms with van der Waals surface area (Å²) < 4.78 is 5.82. The summed E-state index contributed by atoms with van der Waals surface area (Å²) in [6.07, 6.45) is 8.25. The van der Waals surface area contributed by atoms with Gasteiger partial charge in [-0.25, -0.2) is 0 Å². The molecule has 0 saturated carbocycles. The number of phenols is 1. The lowest BCUT2D eigenvalue weighted by Crippen LogP contribution is -2.31. The highest BCUT2D eigenvalue weighted by atomic mass is 16.5. The molecule has 0 aliphatic carbocycles. The first-order valence-electron chi connectivity index (χ1n) is 10.1. The lowest BCUT2D eigenvalue weighted by molar-refractivity contribution is 0.183. The smallest absolute Gasteiger partial charge is 0.458 e. The van der Waals surface area contributed by atoms with Crippen molar-refractivity contribution in [2.75, 3.05) is 0 Å². The fourth-order valence-electron chi connectivity index (χ4n) is 3.80. The van der Waals surface area contributed by atoms with Gasteiger partial charge in [0, 0.05) is 11.7 Å². The fraction of sp³-hybridized carbons (Fsp3) is 0.333. The molecule has 2 N–H and O–H groups in total. The topological polar surface area (TPSA) is 49.7 Å². The number of phenolic OH excluding ortho intramolecular Hbond substituents is 1. The summed E-state index contributed by atoms with van der Waals surface area (Å²) in [4.78, 5) is 0. The van der Waals surface area contributed by atoms with E-state index in [-0.39, 0.29) is 6.10 Å². The van der Waals surface area contributed by atoms with Crippen LogP contribution in [-0.4, -0.2) is 23.4 Å². The number of aromatic hydroxyl groups is 1. The van der Waals surface area contributed by atoms with Gasteiger partial charge in [-0.2, -0.15) is 0 Å². The SMILES string of the molecule is C=C(CC)C1=CCB(O)OC1CC/C(=C/c1ccc(O)c2ccccc12)CC. The van der Waals surface area contributed by atoms with Crippen molar-refractivity contribution in [3.63, 3.8) is 0 Å². The van der Waals surface area contributed by atoms with E-state index >= 15 is 0 Å². The summed E-state index contributed by atoms with van der Waals surface area (Å²) in [6, 6.07) is 11.7. The van der Waals surface area contributed by atoms with E-state index in [2.05, 4.69) is 32.6 Å². The molecule has 1 aliphatic heterocycles. The predicted octanol–water partition coefficient (Wildman–Crippen LogP) is 5.89. The van der Waals surface area contributed by atoms with Crippen molar-refractivity contribution in [1.29, 1.82) is 0 Å². The molecule has 0 aromatic heterocycles. The summed E-state index contributed by atoms with van der Waals surface area (Å²) in [5, 5.41) is 22.0. The Labute approximate surface area is 168 Å². The van der Waals surface area contributed by atoms with Crippen LogP contribution in [0.1, 0.15) is 45.1 Å². The largest absolute Gasteiger partial charge is 0.507 e. The molecular formula is C24H29BO3. The van der Waals surface area contributed by atoms with Crippen molar-refractivity contribution < 1.29 is 14.8 Å². The van der Waals surface area contributed by atoms with E-state index in [1.165, 1.54) is 5.57 Å². The Morgan fingerprint density at radius 1 is 1.18 bits per heavy atom. The van der Waals surface area contributed by atoms with Crippen LogP contribution in [0.25, 0.3) is 16.8 Å². The molecule has 4 heteroatoms. The molecule has 2 aromatic carbocycles. The quantitative estimate of drug-likeness (QED) is 0.593. The molecule has 0 saturated heterocycles. The minimum Gasteiger partial charge on any atom is -0.507 e. The molecular weight excluding hydrogens is 347 g/mol. The van der Waals surface area contributed by atoms with Gasteiger partial charge in [-0.1, -0.05) is 74.1 Å². The minimum atomic E-state index is -0.728. The third kappa shape index (κ3) is 4.57. The van der Waals surface area contributed by atoms with Crippen LogP contribution >= 0.6 is 0 Å². The van der Waals surface area contributed by atoms with Crippen LogP contribution in [-0.2, 0) is 4.65 Å². The monoisotopic (exact) mass is 376 g/mol. The van der Waals surface area contributed by atoms with Crippen LogP contribution in [0.2, 0.25) is 6.32 Å². The molecule has 28 heavy (non-hydrogen) atoms. The molecule has 0 radical (unpaired) electrons. The summed E-state index contributed by atoms with van der Waals surface area (Å²) in [7, 11) is -0.728. The molecule has 0 bridgehead atoms. The van der Waals surface area contributed by atoms with Crippen molar-refractivity contribution in [1.82, 2.24) is 0 Å². The van der Waals surface area contributed by atoms with Crippen LogP contribution in [0.3, 0.4) is 0 Å². The number of hydrogen-bond acceptors (Lipinski definition) is 3.